The molecule has 1 saturated heterocycles. The van der Waals surface area contributed by atoms with Gasteiger partial charge < -0.3 is 15.1 Å². The fourth-order valence-electron chi connectivity index (χ4n) is 2.96. The van der Waals surface area contributed by atoms with E-state index in [1.807, 2.05) is 40.7 Å². The lowest BCUT2D eigenvalue weighted by atomic mass is 10.2. The van der Waals surface area contributed by atoms with E-state index in [9.17, 15) is 9.59 Å². The summed E-state index contributed by atoms with van der Waals surface area (Å²) in [6, 6.07) is 7.64. The third-order valence-corrected chi connectivity index (χ3v) is 7.13. The van der Waals surface area contributed by atoms with Crippen LogP contribution in [0.4, 0.5) is 10.3 Å². The topological polar surface area (TPSA) is 78.4 Å². The quantitative estimate of drug-likeness (QED) is 0.644. The van der Waals surface area contributed by atoms with Crippen LogP contribution in [0.5, 0.6) is 0 Å². The third-order valence-electron chi connectivity index (χ3n) is 4.44. The predicted octanol–water partition coefficient (Wildman–Crippen LogP) is 3.80. The number of carbonyl (C=O) groups is 2. The van der Waals surface area contributed by atoms with Crippen molar-refractivity contribution in [3.63, 3.8) is 0 Å². The molecule has 0 atom stereocenters. The SMILES string of the molecule is CC(=O)N1CCN(C(=O)c2cccc(Sc3cnc(Nc4nccs4)s3)c2)CC1. The van der Waals surface area contributed by atoms with Gasteiger partial charge in [0.1, 0.15) is 0 Å². The van der Waals surface area contributed by atoms with Gasteiger partial charge in [-0.3, -0.25) is 9.59 Å². The van der Waals surface area contributed by atoms with Crippen LogP contribution in [-0.2, 0) is 4.79 Å². The lowest BCUT2D eigenvalue weighted by Crippen LogP contribution is -2.50. The van der Waals surface area contributed by atoms with Crippen molar-refractivity contribution in [2.45, 2.75) is 16.0 Å². The van der Waals surface area contributed by atoms with Gasteiger partial charge in [0, 0.05) is 55.1 Å². The molecule has 1 fully saturated rings. The van der Waals surface area contributed by atoms with Crippen molar-refractivity contribution < 1.29 is 9.59 Å². The van der Waals surface area contributed by atoms with Gasteiger partial charge in [0.2, 0.25) is 5.91 Å². The Morgan fingerprint density at radius 3 is 2.62 bits per heavy atom. The summed E-state index contributed by atoms with van der Waals surface area (Å²) in [6.45, 7) is 3.87. The van der Waals surface area contributed by atoms with Crippen molar-refractivity contribution in [3.05, 3.63) is 47.6 Å². The van der Waals surface area contributed by atoms with Gasteiger partial charge in [0.05, 0.1) is 10.4 Å². The van der Waals surface area contributed by atoms with Gasteiger partial charge in [-0.1, -0.05) is 29.2 Å². The molecular weight excluding hydrogens is 426 g/mol. The molecule has 1 aliphatic rings. The summed E-state index contributed by atoms with van der Waals surface area (Å²) < 4.78 is 1.03. The predicted molar refractivity (Wildman–Crippen MR) is 116 cm³/mol. The maximum absolute atomic E-state index is 12.9. The Morgan fingerprint density at radius 1 is 1.10 bits per heavy atom. The average molecular weight is 446 g/mol. The summed E-state index contributed by atoms with van der Waals surface area (Å²) in [5.74, 6) is 0.0647. The van der Waals surface area contributed by atoms with Gasteiger partial charge in [-0.25, -0.2) is 9.97 Å². The molecule has 0 saturated carbocycles. The molecule has 2 aromatic heterocycles. The minimum atomic E-state index is 0.00563. The van der Waals surface area contributed by atoms with E-state index in [-0.39, 0.29) is 11.8 Å². The first-order valence-electron chi connectivity index (χ1n) is 9.03. The molecule has 150 valence electrons. The second-order valence-corrected chi connectivity index (χ2v) is 9.67. The largest absolute Gasteiger partial charge is 0.339 e. The highest BCUT2D eigenvalue weighted by atomic mass is 32.2. The van der Waals surface area contributed by atoms with Gasteiger partial charge in [-0.15, -0.1) is 11.3 Å². The molecule has 3 heterocycles. The standard InChI is InChI=1S/C19H19N5O2S3/c1-13(25)23-6-8-24(9-7-23)17(26)14-3-2-4-15(11-14)28-16-12-21-19(29-16)22-18-20-5-10-27-18/h2-5,10-12H,6-9H2,1H3,(H,20,21,22). The zero-order valence-electron chi connectivity index (χ0n) is 15.7. The van der Waals surface area contributed by atoms with Gasteiger partial charge in [0.15, 0.2) is 10.3 Å². The lowest BCUT2D eigenvalue weighted by molar-refractivity contribution is -0.130. The van der Waals surface area contributed by atoms with Gasteiger partial charge in [0.25, 0.3) is 5.91 Å². The minimum absolute atomic E-state index is 0.00563. The number of hydrogen-bond acceptors (Lipinski definition) is 8. The molecule has 0 aliphatic carbocycles. The molecule has 1 aliphatic heterocycles. The maximum Gasteiger partial charge on any atom is 0.254 e. The molecule has 7 nitrogen and oxygen atoms in total. The van der Waals surface area contributed by atoms with Crippen LogP contribution in [0.2, 0.25) is 0 Å². The number of piperazine rings is 1. The first-order chi connectivity index (χ1) is 14.1. The minimum Gasteiger partial charge on any atom is -0.339 e. The van der Waals surface area contributed by atoms with E-state index in [4.69, 9.17) is 0 Å². The van der Waals surface area contributed by atoms with E-state index < -0.39 is 0 Å². The number of benzene rings is 1. The van der Waals surface area contributed by atoms with Crippen molar-refractivity contribution in [2.75, 3.05) is 31.5 Å². The molecule has 0 bridgehead atoms. The van der Waals surface area contributed by atoms with Crippen LogP contribution in [0, 0.1) is 0 Å². The van der Waals surface area contributed by atoms with Crippen LogP contribution in [0.1, 0.15) is 17.3 Å². The number of nitrogens with one attached hydrogen (secondary N) is 1. The molecular formula is C19H19N5O2S3. The summed E-state index contributed by atoms with van der Waals surface area (Å²) in [5.41, 5.74) is 0.664. The Kier molecular flexibility index (Phi) is 6.12. The van der Waals surface area contributed by atoms with Gasteiger partial charge in [-0.05, 0) is 18.2 Å². The Hall–Kier alpha value is -2.43. The molecule has 1 aromatic carbocycles. The molecule has 0 unspecified atom stereocenters. The third kappa shape index (κ3) is 4.95. The molecule has 2 amide bonds. The smallest absolute Gasteiger partial charge is 0.254 e. The van der Waals surface area contributed by atoms with Crippen LogP contribution in [0.25, 0.3) is 0 Å². The van der Waals surface area contributed by atoms with Crippen LogP contribution in [-0.4, -0.2) is 57.8 Å². The summed E-state index contributed by atoms with van der Waals surface area (Å²) in [6.07, 6.45) is 3.57. The Balaban J connectivity index is 1.39. The number of aromatic nitrogens is 2. The average Bonchev–Trinajstić information content (AvgIpc) is 3.40. The summed E-state index contributed by atoms with van der Waals surface area (Å²) in [5, 5.41) is 6.70. The number of thiazole rings is 2. The molecule has 0 spiro atoms. The lowest BCUT2D eigenvalue weighted by Gasteiger charge is -2.34. The van der Waals surface area contributed by atoms with Gasteiger partial charge >= 0.3 is 0 Å². The second-order valence-electron chi connectivity index (χ2n) is 6.37. The fraction of sp³-hybridized carbons (Fsp3) is 0.263. The van der Waals surface area contributed by atoms with Crippen molar-refractivity contribution in [1.29, 1.82) is 0 Å². The molecule has 3 aromatic rings. The van der Waals surface area contributed by atoms with Crippen LogP contribution in [0.15, 0.2) is 51.1 Å². The number of carbonyl (C=O) groups excluding carboxylic acids is 2. The second kappa shape index (κ2) is 8.93. The Bertz CT molecular complexity index is 997. The fourth-order valence-corrected chi connectivity index (χ4v) is 5.46. The molecule has 10 heteroatoms. The van der Waals surface area contributed by atoms with E-state index in [1.165, 1.54) is 11.3 Å². The highest BCUT2D eigenvalue weighted by molar-refractivity contribution is 8.01. The highest BCUT2D eigenvalue weighted by Crippen LogP contribution is 2.35. The first kappa shape index (κ1) is 19.9. The summed E-state index contributed by atoms with van der Waals surface area (Å²) in [4.78, 5) is 37.5. The van der Waals surface area contributed by atoms with E-state index in [1.54, 1.807) is 41.1 Å². The van der Waals surface area contributed by atoms with E-state index in [2.05, 4.69) is 15.3 Å². The molecule has 4 rings (SSSR count). The first-order valence-corrected chi connectivity index (χ1v) is 11.5. The van der Waals surface area contributed by atoms with Crippen molar-refractivity contribution in [1.82, 2.24) is 19.8 Å². The van der Waals surface area contributed by atoms with Crippen molar-refractivity contribution in [3.8, 4) is 0 Å². The Labute approximate surface area is 180 Å². The zero-order valence-corrected chi connectivity index (χ0v) is 18.1. The van der Waals surface area contributed by atoms with E-state index >= 15 is 0 Å². The summed E-state index contributed by atoms with van der Waals surface area (Å²) >= 11 is 4.65. The molecule has 1 N–H and O–H groups in total. The maximum atomic E-state index is 12.9. The Morgan fingerprint density at radius 2 is 1.90 bits per heavy atom. The van der Waals surface area contributed by atoms with Crippen LogP contribution < -0.4 is 5.32 Å². The summed E-state index contributed by atoms with van der Waals surface area (Å²) in [7, 11) is 0. The van der Waals surface area contributed by atoms with Crippen molar-refractivity contribution >= 4 is 56.5 Å². The number of nitrogens with zero attached hydrogens (tertiary/aromatic N) is 4. The highest BCUT2D eigenvalue weighted by Gasteiger charge is 2.23. The molecule has 0 radical (unpaired) electrons. The number of hydrogen-bond donors (Lipinski definition) is 1. The number of anilines is 2. The van der Waals surface area contributed by atoms with Gasteiger partial charge in [-0.2, -0.15) is 0 Å². The number of amides is 2. The van der Waals surface area contributed by atoms with Crippen molar-refractivity contribution in [2.24, 2.45) is 0 Å². The normalized spacial score (nSPS) is 14.1. The zero-order chi connectivity index (χ0) is 20.2. The van der Waals surface area contributed by atoms with Crippen LogP contribution in [0.3, 0.4) is 0 Å². The van der Waals surface area contributed by atoms with E-state index in [0.29, 0.717) is 31.7 Å². The van der Waals surface area contributed by atoms with Crippen LogP contribution >= 0.6 is 34.4 Å². The number of rotatable bonds is 5. The molecule has 29 heavy (non-hydrogen) atoms. The monoisotopic (exact) mass is 445 g/mol. The van der Waals surface area contributed by atoms with E-state index in [0.717, 1.165) is 19.4 Å².